The molecule has 2 aromatic rings. The molecule has 32 heavy (non-hydrogen) atoms. The molecule has 2 aliphatic rings. The van der Waals surface area contributed by atoms with Crippen molar-refractivity contribution < 1.29 is 8.42 Å². The maximum Gasteiger partial charge on any atom is 0.295 e. The summed E-state index contributed by atoms with van der Waals surface area (Å²) in [5, 5.41) is 2.69. The summed E-state index contributed by atoms with van der Waals surface area (Å²) in [6.45, 7) is 3.25. The van der Waals surface area contributed by atoms with E-state index in [1.54, 1.807) is 8.72 Å². The molecule has 0 amide bonds. The molecule has 0 spiro atoms. The van der Waals surface area contributed by atoms with Crippen LogP contribution in [-0.4, -0.2) is 73.9 Å². The van der Waals surface area contributed by atoms with Gasteiger partial charge in [0.05, 0.1) is 6.04 Å². The van der Waals surface area contributed by atoms with Crippen molar-refractivity contribution in [2.24, 2.45) is 0 Å². The molecule has 0 aromatic heterocycles. The standard InChI is InChI=1S/C24H33ClN4O2S/c1-26(2)17-18-27-19-23(20-9-5-3-6-10-20)24(21-11-13-22(25)14-12-21)29(27)32(30,31)28-15-7-4-8-16-28/h3,5-6,9-14,23-24H,4,7-8,15-19H2,1-2H3. The minimum Gasteiger partial charge on any atom is -0.308 e. The number of hydrazine groups is 1. The first kappa shape index (κ1) is 23.7. The number of halogens is 1. The molecule has 0 aliphatic carbocycles. The van der Waals surface area contributed by atoms with E-state index in [0.29, 0.717) is 31.2 Å². The quantitative estimate of drug-likeness (QED) is 0.606. The van der Waals surface area contributed by atoms with Crippen molar-refractivity contribution in [2.75, 3.05) is 46.8 Å². The van der Waals surface area contributed by atoms with Crippen molar-refractivity contribution >= 4 is 21.8 Å². The highest BCUT2D eigenvalue weighted by molar-refractivity contribution is 7.86. The number of likely N-dealkylation sites (N-methyl/N-ethyl adjacent to an activating group) is 1. The van der Waals surface area contributed by atoms with E-state index in [1.165, 1.54) is 0 Å². The van der Waals surface area contributed by atoms with Gasteiger partial charge >= 0.3 is 0 Å². The van der Waals surface area contributed by atoms with E-state index in [2.05, 4.69) is 17.0 Å². The van der Waals surface area contributed by atoms with Gasteiger partial charge in [0.1, 0.15) is 0 Å². The van der Waals surface area contributed by atoms with Gasteiger partial charge in [0.15, 0.2) is 0 Å². The van der Waals surface area contributed by atoms with Gasteiger partial charge in [0.25, 0.3) is 10.2 Å². The van der Waals surface area contributed by atoms with Gasteiger partial charge < -0.3 is 4.90 Å². The van der Waals surface area contributed by atoms with Crippen LogP contribution >= 0.6 is 11.6 Å². The van der Waals surface area contributed by atoms with Gasteiger partial charge in [-0.25, -0.2) is 5.01 Å². The molecule has 2 aromatic carbocycles. The molecule has 0 radical (unpaired) electrons. The van der Waals surface area contributed by atoms with Crippen molar-refractivity contribution in [3.63, 3.8) is 0 Å². The molecule has 0 N–H and O–H groups in total. The molecule has 0 saturated carbocycles. The summed E-state index contributed by atoms with van der Waals surface area (Å²) in [5.74, 6) is 0.0269. The summed E-state index contributed by atoms with van der Waals surface area (Å²) >= 11 is 6.18. The first-order valence-electron chi connectivity index (χ1n) is 11.4. The normalized spacial score (nSPS) is 23.8. The van der Waals surface area contributed by atoms with Crippen LogP contribution < -0.4 is 0 Å². The summed E-state index contributed by atoms with van der Waals surface area (Å²) in [6, 6.07) is 17.6. The molecule has 2 fully saturated rings. The van der Waals surface area contributed by atoms with Gasteiger partial charge in [0, 0.05) is 43.7 Å². The van der Waals surface area contributed by atoms with Crippen molar-refractivity contribution in [2.45, 2.75) is 31.2 Å². The average molecular weight is 477 g/mol. The van der Waals surface area contributed by atoms with Crippen LogP contribution in [0.1, 0.15) is 42.3 Å². The Morgan fingerprint density at radius 2 is 1.59 bits per heavy atom. The molecule has 2 atom stereocenters. The Hall–Kier alpha value is -1.48. The minimum atomic E-state index is -3.67. The Labute approximate surface area is 197 Å². The average Bonchev–Trinajstić information content (AvgIpc) is 3.20. The maximum absolute atomic E-state index is 14.0. The smallest absolute Gasteiger partial charge is 0.295 e. The van der Waals surface area contributed by atoms with Crippen molar-refractivity contribution in [3.8, 4) is 0 Å². The summed E-state index contributed by atoms with van der Waals surface area (Å²) in [7, 11) is 0.371. The lowest BCUT2D eigenvalue weighted by molar-refractivity contribution is 0.0724. The van der Waals surface area contributed by atoms with E-state index in [0.717, 1.165) is 36.9 Å². The molecule has 174 valence electrons. The fraction of sp³-hybridized carbons (Fsp3) is 0.500. The summed E-state index contributed by atoms with van der Waals surface area (Å²) in [4.78, 5) is 2.10. The third-order valence-electron chi connectivity index (χ3n) is 6.43. The fourth-order valence-corrected chi connectivity index (χ4v) is 6.83. The maximum atomic E-state index is 14.0. The molecule has 2 heterocycles. The molecule has 2 unspecified atom stereocenters. The Morgan fingerprint density at radius 1 is 0.938 bits per heavy atom. The van der Waals surface area contributed by atoms with Gasteiger partial charge in [0.2, 0.25) is 0 Å². The Morgan fingerprint density at radius 3 is 2.22 bits per heavy atom. The molecule has 2 aliphatic heterocycles. The van der Waals surface area contributed by atoms with Gasteiger partial charge in [-0.1, -0.05) is 60.5 Å². The van der Waals surface area contributed by atoms with Crippen LogP contribution in [0, 0.1) is 0 Å². The third-order valence-corrected chi connectivity index (χ3v) is 8.63. The van der Waals surface area contributed by atoms with Crippen LogP contribution in [0.25, 0.3) is 0 Å². The van der Waals surface area contributed by atoms with E-state index in [4.69, 9.17) is 11.6 Å². The lowest BCUT2D eigenvalue weighted by Gasteiger charge is -2.37. The van der Waals surface area contributed by atoms with E-state index in [-0.39, 0.29) is 12.0 Å². The SMILES string of the molecule is CN(C)CCN1CC(c2ccccc2)C(c2ccc(Cl)cc2)N1S(=O)(=O)N1CCCCC1. The van der Waals surface area contributed by atoms with E-state index < -0.39 is 10.2 Å². The van der Waals surface area contributed by atoms with E-state index in [1.807, 2.05) is 61.6 Å². The topological polar surface area (TPSA) is 47.1 Å². The molecule has 4 rings (SSSR count). The number of nitrogens with zero attached hydrogens (tertiary/aromatic N) is 4. The second kappa shape index (κ2) is 10.2. The van der Waals surface area contributed by atoms with Crippen LogP contribution in [0.3, 0.4) is 0 Å². The van der Waals surface area contributed by atoms with Gasteiger partial charge in [-0.2, -0.15) is 12.7 Å². The zero-order chi connectivity index (χ0) is 22.7. The molecule has 6 nitrogen and oxygen atoms in total. The molecular weight excluding hydrogens is 444 g/mol. The summed E-state index contributed by atoms with van der Waals surface area (Å²) in [6.07, 6.45) is 2.92. The number of benzene rings is 2. The second-order valence-electron chi connectivity index (χ2n) is 8.97. The van der Waals surface area contributed by atoms with Crippen LogP contribution in [-0.2, 0) is 10.2 Å². The highest BCUT2D eigenvalue weighted by atomic mass is 35.5. The zero-order valence-corrected chi connectivity index (χ0v) is 20.5. The van der Waals surface area contributed by atoms with Crippen LogP contribution in [0.2, 0.25) is 5.02 Å². The predicted octanol–water partition coefficient (Wildman–Crippen LogP) is 3.99. The molecule has 0 bridgehead atoms. The van der Waals surface area contributed by atoms with Crippen molar-refractivity contribution in [1.29, 1.82) is 0 Å². The van der Waals surface area contributed by atoms with Crippen molar-refractivity contribution in [1.82, 2.24) is 18.6 Å². The summed E-state index contributed by atoms with van der Waals surface area (Å²) < 4.78 is 31.4. The molecule has 2 saturated heterocycles. The number of hydrogen-bond donors (Lipinski definition) is 0. The first-order chi connectivity index (χ1) is 15.4. The fourth-order valence-electron chi connectivity index (χ4n) is 4.75. The lowest BCUT2D eigenvalue weighted by atomic mass is 9.89. The van der Waals surface area contributed by atoms with Gasteiger partial charge in [-0.3, -0.25) is 0 Å². The van der Waals surface area contributed by atoms with Crippen LogP contribution in [0.15, 0.2) is 54.6 Å². The van der Waals surface area contributed by atoms with E-state index >= 15 is 0 Å². The Balaban J connectivity index is 1.79. The van der Waals surface area contributed by atoms with E-state index in [9.17, 15) is 8.42 Å². The molecule has 8 heteroatoms. The predicted molar refractivity (Wildman–Crippen MR) is 130 cm³/mol. The first-order valence-corrected chi connectivity index (χ1v) is 13.1. The summed E-state index contributed by atoms with van der Waals surface area (Å²) in [5.41, 5.74) is 2.12. The van der Waals surface area contributed by atoms with Crippen molar-refractivity contribution in [3.05, 3.63) is 70.7 Å². The van der Waals surface area contributed by atoms with Crippen LogP contribution in [0.4, 0.5) is 0 Å². The van der Waals surface area contributed by atoms with Crippen LogP contribution in [0.5, 0.6) is 0 Å². The highest BCUT2D eigenvalue weighted by Gasteiger charge is 2.49. The Bertz CT molecular complexity index is 979. The largest absolute Gasteiger partial charge is 0.308 e. The van der Waals surface area contributed by atoms with Gasteiger partial charge in [-0.15, -0.1) is 4.41 Å². The number of piperidine rings is 1. The zero-order valence-electron chi connectivity index (χ0n) is 18.9. The second-order valence-corrected chi connectivity index (χ2v) is 11.2. The number of hydrogen-bond acceptors (Lipinski definition) is 4. The minimum absolute atomic E-state index is 0.0269. The monoisotopic (exact) mass is 476 g/mol. The van der Waals surface area contributed by atoms with Gasteiger partial charge in [-0.05, 0) is 50.2 Å². The highest BCUT2D eigenvalue weighted by Crippen LogP contribution is 2.45. The molecular formula is C24H33ClN4O2S. The lowest BCUT2D eigenvalue weighted by Crippen LogP contribution is -2.52. The Kier molecular flexibility index (Phi) is 7.54. The third kappa shape index (κ3) is 5.03. The number of rotatable bonds is 7.